The van der Waals surface area contributed by atoms with E-state index in [0.29, 0.717) is 13.0 Å². The molecule has 2 atom stereocenters. The van der Waals surface area contributed by atoms with Crippen molar-refractivity contribution in [3.8, 4) is 11.5 Å². The third-order valence-electron chi connectivity index (χ3n) is 5.46. The van der Waals surface area contributed by atoms with Crippen molar-refractivity contribution in [2.45, 2.75) is 45.2 Å². The van der Waals surface area contributed by atoms with Crippen LogP contribution in [0.3, 0.4) is 0 Å². The van der Waals surface area contributed by atoms with Gasteiger partial charge in [0.15, 0.2) is 0 Å². The van der Waals surface area contributed by atoms with Gasteiger partial charge in [0, 0.05) is 31.1 Å². The Hall–Kier alpha value is -2.24. The van der Waals surface area contributed by atoms with E-state index in [0.717, 1.165) is 36.4 Å². The van der Waals surface area contributed by atoms with Gasteiger partial charge in [-0.25, -0.2) is 0 Å². The van der Waals surface area contributed by atoms with Crippen LogP contribution in [-0.4, -0.2) is 55.0 Å². The van der Waals surface area contributed by atoms with Crippen molar-refractivity contribution in [1.29, 1.82) is 0 Å². The maximum Gasteiger partial charge on any atom is 0.228 e. The summed E-state index contributed by atoms with van der Waals surface area (Å²) in [6.07, 6.45) is 2.16. The summed E-state index contributed by atoms with van der Waals surface area (Å²) in [6.45, 7) is 5.22. The summed E-state index contributed by atoms with van der Waals surface area (Å²) >= 11 is 0. The lowest BCUT2D eigenvalue weighted by molar-refractivity contribution is -0.136. The summed E-state index contributed by atoms with van der Waals surface area (Å²) in [5.41, 5.74) is 0.975. The summed E-state index contributed by atoms with van der Waals surface area (Å²) in [4.78, 5) is 29.1. The topological polar surface area (TPSA) is 59.1 Å². The van der Waals surface area contributed by atoms with E-state index in [2.05, 4.69) is 0 Å². The van der Waals surface area contributed by atoms with Crippen molar-refractivity contribution in [2.24, 2.45) is 5.92 Å². The number of rotatable bonds is 5. The molecule has 2 saturated heterocycles. The number of carbonyl (C=O) groups excluding carboxylic acids is 2. The molecule has 3 rings (SSSR count). The number of likely N-dealkylation sites (tertiary alicyclic amines) is 2. The van der Waals surface area contributed by atoms with Crippen LogP contribution in [0.4, 0.5) is 0 Å². The van der Waals surface area contributed by atoms with Crippen molar-refractivity contribution in [2.75, 3.05) is 27.3 Å². The molecule has 2 fully saturated rings. The Labute approximate surface area is 155 Å². The van der Waals surface area contributed by atoms with Crippen molar-refractivity contribution in [3.05, 3.63) is 23.8 Å². The molecule has 0 radical (unpaired) electrons. The molecule has 0 spiro atoms. The number of carbonyl (C=O) groups is 2. The molecule has 0 unspecified atom stereocenters. The molecule has 6 heteroatoms. The van der Waals surface area contributed by atoms with E-state index in [1.807, 2.05) is 36.9 Å². The van der Waals surface area contributed by atoms with Crippen molar-refractivity contribution >= 4 is 11.8 Å². The Bertz CT molecular complexity index is 688. The molecule has 0 bridgehead atoms. The second-order valence-corrected chi connectivity index (χ2v) is 7.34. The highest BCUT2D eigenvalue weighted by molar-refractivity contribution is 5.89. The fraction of sp³-hybridized carbons (Fsp3) is 0.600. The Morgan fingerprint density at radius 1 is 1.23 bits per heavy atom. The van der Waals surface area contributed by atoms with Gasteiger partial charge >= 0.3 is 0 Å². The zero-order valence-corrected chi connectivity index (χ0v) is 16.0. The van der Waals surface area contributed by atoms with Crippen molar-refractivity contribution in [3.63, 3.8) is 0 Å². The first-order valence-electron chi connectivity index (χ1n) is 9.28. The molecule has 0 saturated carbocycles. The minimum Gasteiger partial charge on any atom is -0.497 e. The molecular weight excluding hydrogens is 332 g/mol. The lowest BCUT2D eigenvalue weighted by atomic mass is 10.0. The highest BCUT2D eigenvalue weighted by atomic mass is 16.5. The smallest absolute Gasteiger partial charge is 0.228 e. The number of hydrogen-bond donors (Lipinski definition) is 0. The normalized spacial score (nSPS) is 23.0. The van der Waals surface area contributed by atoms with Crippen LogP contribution in [0, 0.1) is 5.92 Å². The number of benzene rings is 1. The number of amides is 2. The third kappa shape index (κ3) is 3.37. The lowest BCUT2D eigenvalue weighted by Gasteiger charge is -2.29. The van der Waals surface area contributed by atoms with Gasteiger partial charge in [0.1, 0.15) is 11.5 Å². The predicted octanol–water partition coefficient (Wildman–Crippen LogP) is 2.62. The van der Waals surface area contributed by atoms with Gasteiger partial charge in [-0.3, -0.25) is 9.59 Å². The first kappa shape index (κ1) is 18.5. The molecule has 1 aromatic carbocycles. The molecule has 2 heterocycles. The molecule has 2 aliphatic rings. The lowest BCUT2D eigenvalue weighted by Crippen LogP contribution is -2.38. The molecule has 6 nitrogen and oxygen atoms in total. The summed E-state index contributed by atoms with van der Waals surface area (Å²) < 4.78 is 10.9. The zero-order valence-electron chi connectivity index (χ0n) is 16.0. The number of ether oxygens (including phenoxy) is 2. The largest absolute Gasteiger partial charge is 0.497 e. The molecule has 0 N–H and O–H groups in total. The Morgan fingerprint density at radius 3 is 2.62 bits per heavy atom. The average Bonchev–Trinajstić information content (AvgIpc) is 3.27. The van der Waals surface area contributed by atoms with E-state index in [9.17, 15) is 9.59 Å². The number of nitrogens with zero attached hydrogens (tertiary/aromatic N) is 2. The first-order chi connectivity index (χ1) is 12.5. The monoisotopic (exact) mass is 360 g/mol. The highest BCUT2D eigenvalue weighted by Gasteiger charge is 2.41. The van der Waals surface area contributed by atoms with E-state index >= 15 is 0 Å². The minimum absolute atomic E-state index is 0.0317. The molecule has 0 aromatic heterocycles. The highest BCUT2D eigenvalue weighted by Crippen LogP contribution is 2.40. The van der Waals surface area contributed by atoms with E-state index < -0.39 is 0 Å². The maximum absolute atomic E-state index is 13.2. The van der Waals surface area contributed by atoms with Crippen LogP contribution in [0.5, 0.6) is 11.5 Å². The van der Waals surface area contributed by atoms with E-state index in [1.165, 1.54) is 0 Å². The van der Waals surface area contributed by atoms with Gasteiger partial charge in [-0.1, -0.05) is 0 Å². The van der Waals surface area contributed by atoms with Crippen LogP contribution in [0.1, 0.15) is 44.7 Å². The Kier molecular flexibility index (Phi) is 5.39. The van der Waals surface area contributed by atoms with Crippen LogP contribution in [0.2, 0.25) is 0 Å². The van der Waals surface area contributed by atoms with Gasteiger partial charge in [0.2, 0.25) is 11.8 Å². The van der Waals surface area contributed by atoms with E-state index in [1.54, 1.807) is 19.1 Å². The minimum atomic E-state index is -0.248. The second-order valence-electron chi connectivity index (χ2n) is 7.34. The van der Waals surface area contributed by atoms with Crippen molar-refractivity contribution < 1.29 is 19.1 Å². The van der Waals surface area contributed by atoms with Crippen molar-refractivity contribution in [1.82, 2.24) is 9.80 Å². The fourth-order valence-corrected chi connectivity index (χ4v) is 4.08. The average molecular weight is 360 g/mol. The van der Waals surface area contributed by atoms with Gasteiger partial charge in [-0.2, -0.15) is 0 Å². The van der Waals surface area contributed by atoms with Gasteiger partial charge in [-0.15, -0.1) is 0 Å². The molecule has 2 aliphatic heterocycles. The SMILES string of the molecule is COc1ccc(OC)c([C@@H]2CCCN2C(=O)[C@H]2CC(=O)N(C(C)C)C2)c1. The quantitative estimate of drug-likeness (QED) is 0.810. The number of hydrogen-bond acceptors (Lipinski definition) is 4. The number of methoxy groups -OCH3 is 2. The molecule has 2 amide bonds. The van der Waals surface area contributed by atoms with Crippen LogP contribution in [0.25, 0.3) is 0 Å². The van der Waals surface area contributed by atoms with Gasteiger partial charge in [0.25, 0.3) is 0 Å². The third-order valence-corrected chi connectivity index (χ3v) is 5.46. The van der Waals surface area contributed by atoms with Crippen LogP contribution >= 0.6 is 0 Å². The standard InChI is InChI=1S/C20H28N2O4/c1-13(2)22-12-14(10-19(22)23)20(24)21-9-5-6-17(21)16-11-15(25-3)7-8-18(16)26-4/h7-8,11,13-14,17H,5-6,9-10,12H2,1-4H3/t14-,17-/m0/s1. The zero-order chi connectivity index (χ0) is 18.8. The summed E-state index contributed by atoms with van der Waals surface area (Å²) in [5, 5.41) is 0. The van der Waals surface area contributed by atoms with Crippen LogP contribution in [0.15, 0.2) is 18.2 Å². The molecule has 0 aliphatic carbocycles. The second kappa shape index (κ2) is 7.56. The predicted molar refractivity (Wildman–Crippen MR) is 98.2 cm³/mol. The first-order valence-corrected chi connectivity index (χ1v) is 9.28. The maximum atomic E-state index is 13.2. The van der Waals surface area contributed by atoms with Crippen LogP contribution < -0.4 is 9.47 Å². The van der Waals surface area contributed by atoms with Gasteiger partial charge < -0.3 is 19.3 Å². The van der Waals surface area contributed by atoms with Crippen LogP contribution in [-0.2, 0) is 9.59 Å². The fourth-order valence-electron chi connectivity index (χ4n) is 4.08. The molecule has 26 heavy (non-hydrogen) atoms. The Morgan fingerprint density at radius 2 is 2.00 bits per heavy atom. The molecule has 1 aromatic rings. The van der Waals surface area contributed by atoms with Gasteiger partial charge in [-0.05, 0) is 44.9 Å². The van der Waals surface area contributed by atoms with E-state index in [4.69, 9.17) is 9.47 Å². The van der Waals surface area contributed by atoms with Gasteiger partial charge in [0.05, 0.1) is 26.2 Å². The molecular formula is C20H28N2O4. The molecule has 142 valence electrons. The summed E-state index contributed by atoms with van der Waals surface area (Å²) in [7, 11) is 3.27. The summed E-state index contributed by atoms with van der Waals surface area (Å²) in [6, 6.07) is 5.80. The summed E-state index contributed by atoms with van der Waals surface area (Å²) in [5.74, 6) is 1.42. The Balaban J connectivity index is 1.83. The van der Waals surface area contributed by atoms with E-state index in [-0.39, 0.29) is 29.8 Å².